The molecule has 0 radical (unpaired) electrons. The fourth-order valence-corrected chi connectivity index (χ4v) is 4.60. The van der Waals surface area contributed by atoms with Crippen LogP contribution in [0.25, 0.3) is 17.2 Å². The molecule has 4 aromatic rings. The van der Waals surface area contributed by atoms with Gasteiger partial charge in [-0.15, -0.1) is 0 Å². The van der Waals surface area contributed by atoms with Gasteiger partial charge in [-0.25, -0.2) is 0 Å². The van der Waals surface area contributed by atoms with Crippen LogP contribution in [0.5, 0.6) is 11.5 Å². The fraction of sp³-hybridized carbons (Fsp3) is 0.188. The second-order valence-corrected chi connectivity index (χ2v) is 8.84. The molecule has 4 nitrogen and oxygen atoms in total. The van der Waals surface area contributed by atoms with Gasteiger partial charge in [0.25, 0.3) is 0 Å². The molecule has 1 saturated heterocycles. The molecule has 5 rings (SSSR count). The van der Waals surface area contributed by atoms with E-state index in [1.54, 1.807) is 14.2 Å². The molecule has 1 heterocycles. The van der Waals surface area contributed by atoms with Crippen LogP contribution in [0, 0.1) is 0 Å². The quantitative estimate of drug-likeness (QED) is 0.285. The van der Waals surface area contributed by atoms with Crippen molar-refractivity contribution < 1.29 is 18.9 Å². The smallest absolute Gasteiger partial charge is 0.222 e. The summed E-state index contributed by atoms with van der Waals surface area (Å²) in [4.78, 5) is 0. The van der Waals surface area contributed by atoms with E-state index >= 15 is 0 Å². The van der Waals surface area contributed by atoms with Crippen molar-refractivity contribution in [3.63, 3.8) is 0 Å². The molecule has 0 aromatic heterocycles. The summed E-state index contributed by atoms with van der Waals surface area (Å²) in [5.41, 5.74) is 6.51. The first kappa shape index (κ1) is 23.9. The molecule has 0 aliphatic carbocycles. The Morgan fingerprint density at radius 2 is 1.11 bits per heavy atom. The second-order valence-electron chi connectivity index (χ2n) is 8.84. The molecule has 0 unspecified atom stereocenters. The lowest BCUT2D eigenvalue weighted by Gasteiger charge is -2.41. The highest BCUT2D eigenvalue weighted by Crippen LogP contribution is 2.42. The average Bonchev–Trinajstić information content (AvgIpc) is 2.97. The Morgan fingerprint density at radius 1 is 0.667 bits per heavy atom. The van der Waals surface area contributed by atoms with Crippen molar-refractivity contribution in [2.45, 2.75) is 11.7 Å². The van der Waals surface area contributed by atoms with Gasteiger partial charge in [0.2, 0.25) is 5.79 Å². The van der Waals surface area contributed by atoms with Gasteiger partial charge in [-0.2, -0.15) is 0 Å². The maximum absolute atomic E-state index is 6.58. The molecule has 0 spiro atoms. The van der Waals surface area contributed by atoms with Gasteiger partial charge in [-0.05, 0) is 70.8 Å². The molecule has 1 aliphatic rings. The molecule has 1 fully saturated rings. The summed E-state index contributed by atoms with van der Waals surface area (Å²) in [5.74, 6) is 0.710. The van der Waals surface area contributed by atoms with Crippen molar-refractivity contribution in [3.05, 3.63) is 126 Å². The topological polar surface area (TPSA) is 36.9 Å². The summed E-state index contributed by atoms with van der Waals surface area (Å²) < 4.78 is 23.9. The second kappa shape index (κ2) is 10.4. The lowest BCUT2D eigenvalue weighted by Crippen LogP contribution is -2.42. The molecule has 4 heteroatoms. The zero-order chi connectivity index (χ0) is 25.0. The Labute approximate surface area is 212 Å². The van der Waals surface area contributed by atoms with E-state index in [4.69, 9.17) is 18.9 Å². The van der Waals surface area contributed by atoms with E-state index in [1.807, 2.05) is 54.6 Å². The van der Waals surface area contributed by atoms with Crippen LogP contribution in [0.3, 0.4) is 0 Å². The van der Waals surface area contributed by atoms with E-state index in [2.05, 4.69) is 55.1 Å². The highest BCUT2D eigenvalue weighted by molar-refractivity contribution is 5.65. The zero-order valence-corrected chi connectivity index (χ0v) is 20.6. The van der Waals surface area contributed by atoms with Crippen molar-refractivity contribution in [1.29, 1.82) is 0 Å². The molecule has 4 aromatic carbocycles. The normalized spacial score (nSPS) is 15.3. The molecule has 0 atom stereocenters. The molecule has 0 N–H and O–H groups in total. The van der Waals surface area contributed by atoms with Crippen molar-refractivity contribution in [3.8, 4) is 22.6 Å². The Hall–Kier alpha value is -3.86. The first-order valence-corrected chi connectivity index (χ1v) is 12.0. The third-order valence-corrected chi connectivity index (χ3v) is 6.78. The molecule has 182 valence electrons. The predicted molar refractivity (Wildman–Crippen MR) is 143 cm³/mol. The van der Waals surface area contributed by atoms with Gasteiger partial charge in [0.15, 0.2) is 0 Å². The molecule has 0 saturated carbocycles. The molecule has 0 amide bonds. The third-order valence-electron chi connectivity index (χ3n) is 6.78. The number of hydrogen-bond acceptors (Lipinski definition) is 4. The van der Waals surface area contributed by atoms with Crippen LogP contribution < -0.4 is 9.47 Å². The van der Waals surface area contributed by atoms with Crippen molar-refractivity contribution >= 4 is 6.08 Å². The Balaban J connectivity index is 1.38. The minimum atomic E-state index is -0.998. The summed E-state index contributed by atoms with van der Waals surface area (Å²) in [5, 5.41) is 0. The summed E-state index contributed by atoms with van der Waals surface area (Å²) >= 11 is 0. The minimum absolute atomic E-state index is 0.131. The molecule has 0 bridgehead atoms. The standard InChI is InChI=1S/C32H30O4/c1-4-23-5-7-24(8-6-23)25-9-11-26(12-10-25)27-21-35-32(36-22-27,28-13-17-30(33-2)18-14-28)29-15-19-31(34-3)20-16-29/h4-20,27H,1,21-22H2,2-3H3. The summed E-state index contributed by atoms with van der Waals surface area (Å²) in [7, 11) is 3.32. The van der Waals surface area contributed by atoms with Gasteiger partial charge in [-0.1, -0.05) is 61.2 Å². The maximum atomic E-state index is 6.58. The van der Waals surface area contributed by atoms with E-state index in [0.717, 1.165) is 28.2 Å². The van der Waals surface area contributed by atoms with Crippen LogP contribution in [-0.4, -0.2) is 27.4 Å². The SMILES string of the molecule is C=Cc1ccc(-c2ccc(C3COC(c4ccc(OC)cc4)(c4ccc(OC)cc4)OC3)cc2)cc1. The highest BCUT2D eigenvalue weighted by atomic mass is 16.7. The number of methoxy groups -OCH3 is 2. The van der Waals surface area contributed by atoms with Gasteiger partial charge in [0.05, 0.1) is 27.4 Å². The number of benzene rings is 4. The first-order chi connectivity index (χ1) is 17.6. The van der Waals surface area contributed by atoms with E-state index in [0.29, 0.717) is 13.2 Å². The Kier molecular flexibility index (Phi) is 6.90. The third kappa shape index (κ3) is 4.66. The Morgan fingerprint density at radius 3 is 1.53 bits per heavy atom. The van der Waals surface area contributed by atoms with Crippen LogP contribution in [0.4, 0.5) is 0 Å². The van der Waals surface area contributed by atoms with Crippen molar-refractivity contribution in [2.75, 3.05) is 27.4 Å². The number of rotatable bonds is 7. The van der Waals surface area contributed by atoms with Gasteiger partial charge < -0.3 is 18.9 Å². The summed E-state index contributed by atoms with van der Waals surface area (Å²) in [6, 6.07) is 32.8. The summed E-state index contributed by atoms with van der Waals surface area (Å²) in [6.07, 6.45) is 1.86. The van der Waals surface area contributed by atoms with E-state index in [9.17, 15) is 0 Å². The van der Waals surface area contributed by atoms with Crippen molar-refractivity contribution in [1.82, 2.24) is 0 Å². The zero-order valence-electron chi connectivity index (χ0n) is 20.6. The molecule has 1 aliphatic heterocycles. The van der Waals surface area contributed by atoms with Gasteiger partial charge in [-0.3, -0.25) is 0 Å². The van der Waals surface area contributed by atoms with Crippen LogP contribution in [0.1, 0.15) is 28.2 Å². The summed E-state index contributed by atoms with van der Waals surface area (Å²) in [6.45, 7) is 4.89. The monoisotopic (exact) mass is 478 g/mol. The largest absolute Gasteiger partial charge is 0.497 e. The van der Waals surface area contributed by atoms with Crippen LogP contribution in [-0.2, 0) is 15.3 Å². The average molecular weight is 479 g/mol. The fourth-order valence-electron chi connectivity index (χ4n) is 4.60. The molecule has 36 heavy (non-hydrogen) atoms. The Bertz CT molecular complexity index is 1230. The highest BCUT2D eigenvalue weighted by Gasteiger charge is 2.41. The first-order valence-electron chi connectivity index (χ1n) is 12.0. The number of ether oxygens (including phenoxy) is 4. The van der Waals surface area contributed by atoms with Crippen LogP contribution in [0.2, 0.25) is 0 Å². The van der Waals surface area contributed by atoms with Crippen LogP contribution >= 0.6 is 0 Å². The van der Waals surface area contributed by atoms with Gasteiger partial charge >= 0.3 is 0 Å². The van der Waals surface area contributed by atoms with Gasteiger partial charge in [0, 0.05) is 17.0 Å². The predicted octanol–water partition coefficient (Wildman–Crippen LogP) is 7.05. The van der Waals surface area contributed by atoms with Crippen LogP contribution in [0.15, 0.2) is 104 Å². The molecular formula is C32H30O4. The van der Waals surface area contributed by atoms with Crippen molar-refractivity contribution in [2.24, 2.45) is 0 Å². The number of hydrogen-bond donors (Lipinski definition) is 0. The van der Waals surface area contributed by atoms with E-state index in [-0.39, 0.29) is 5.92 Å². The minimum Gasteiger partial charge on any atom is -0.497 e. The molecular weight excluding hydrogens is 448 g/mol. The van der Waals surface area contributed by atoms with E-state index < -0.39 is 5.79 Å². The lowest BCUT2D eigenvalue weighted by atomic mass is 9.92. The van der Waals surface area contributed by atoms with E-state index in [1.165, 1.54) is 16.7 Å². The lowest BCUT2D eigenvalue weighted by molar-refractivity contribution is -0.256. The van der Waals surface area contributed by atoms with Gasteiger partial charge in [0.1, 0.15) is 11.5 Å². The maximum Gasteiger partial charge on any atom is 0.222 e.